The van der Waals surface area contributed by atoms with Crippen molar-refractivity contribution in [2.24, 2.45) is 0 Å². The van der Waals surface area contributed by atoms with Crippen LogP contribution < -0.4 is 5.32 Å². The molecule has 0 aliphatic heterocycles. The number of alkyl carbamates (subject to hydrolysis) is 1. The molecule has 0 radical (unpaired) electrons. The number of benzene rings is 1. The fourth-order valence-electron chi connectivity index (χ4n) is 1.62. The van der Waals surface area contributed by atoms with Gasteiger partial charge in [0.2, 0.25) is 0 Å². The first-order valence-corrected chi connectivity index (χ1v) is 6.43. The van der Waals surface area contributed by atoms with Gasteiger partial charge in [-0.3, -0.25) is 0 Å². The third kappa shape index (κ3) is 5.72. The van der Waals surface area contributed by atoms with Gasteiger partial charge in [0.1, 0.15) is 11.6 Å². The van der Waals surface area contributed by atoms with Crippen LogP contribution in [0, 0.1) is 11.3 Å². The molecular weight excluding hydrogens is 256 g/mol. The van der Waals surface area contributed by atoms with Crippen molar-refractivity contribution >= 4 is 6.09 Å². The molecule has 1 aromatic carbocycles. The Bertz CT molecular complexity index is 474. The molecule has 0 aliphatic carbocycles. The molecule has 20 heavy (non-hydrogen) atoms. The number of nitrogens with zero attached hydrogens (tertiary/aromatic N) is 1. The minimum Gasteiger partial charge on any atom is -0.444 e. The smallest absolute Gasteiger partial charge is 0.408 e. The lowest BCUT2D eigenvalue weighted by Crippen LogP contribution is -2.45. The van der Waals surface area contributed by atoms with E-state index in [0.29, 0.717) is 0 Å². The summed E-state index contributed by atoms with van der Waals surface area (Å²) in [6, 6.07) is 10.1. The molecule has 1 aromatic rings. The van der Waals surface area contributed by atoms with E-state index in [1.165, 1.54) is 0 Å². The molecule has 5 nitrogen and oxygen atoms in total. The maximum atomic E-state index is 11.6. The van der Waals surface area contributed by atoms with Gasteiger partial charge in [0.15, 0.2) is 0 Å². The van der Waals surface area contributed by atoms with E-state index in [0.717, 1.165) is 5.56 Å². The van der Waals surface area contributed by atoms with Crippen molar-refractivity contribution in [3.05, 3.63) is 35.9 Å². The van der Waals surface area contributed by atoms with Crippen LogP contribution in [0.15, 0.2) is 30.3 Å². The average molecular weight is 276 g/mol. The van der Waals surface area contributed by atoms with Crippen molar-refractivity contribution in [2.75, 3.05) is 0 Å². The molecule has 0 aliphatic rings. The highest BCUT2D eigenvalue weighted by Crippen LogP contribution is 2.09. The summed E-state index contributed by atoms with van der Waals surface area (Å²) in [5.74, 6) is 0. The van der Waals surface area contributed by atoms with Gasteiger partial charge in [-0.25, -0.2) is 4.79 Å². The summed E-state index contributed by atoms with van der Waals surface area (Å²) in [4.78, 5) is 11.6. The number of amides is 1. The Kier molecular flexibility index (Phi) is 5.53. The minimum absolute atomic E-state index is 0.287. The van der Waals surface area contributed by atoms with Crippen LogP contribution in [0.25, 0.3) is 0 Å². The number of rotatable bonds is 4. The molecule has 0 saturated heterocycles. The van der Waals surface area contributed by atoms with Crippen LogP contribution in [0.4, 0.5) is 4.79 Å². The number of nitriles is 1. The summed E-state index contributed by atoms with van der Waals surface area (Å²) in [6.45, 7) is 5.19. The van der Waals surface area contributed by atoms with Gasteiger partial charge >= 0.3 is 6.09 Å². The Morgan fingerprint density at radius 3 is 2.50 bits per heavy atom. The molecule has 1 rings (SSSR count). The zero-order chi connectivity index (χ0) is 15.2. The van der Waals surface area contributed by atoms with E-state index < -0.39 is 23.8 Å². The van der Waals surface area contributed by atoms with Crippen molar-refractivity contribution in [1.29, 1.82) is 5.26 Å². The third-order valence-electron chi connectivity index (χ3n) is 2.48. The topological polar surface area (TPSA) is 82.3 Å². The zero-order valence-corrected chi connectivity index (χ0v) is 12.0. The summed E-state index contributed by atoms with van der Waals surface area (Å²) >= 11 is 0. The Labute approximate surface area is 119 Å². The van der Waals surface area contributed by atoms with Crippen LogP contribution in [-0.4, -0.2) is 28.9 Å². The van der Waals surface area contributed by atoms with Gasteiger partial charge in [-0.1, -0.05) is 30.3 Å². The molecule has 1 amide bonds. The predicted molar refractivity (Wildman–Crippen MR) is 74.9 cm³/mol. The molecule has 0 spiro atoms. The third-order valence-corrected chi connectivity index (χ3v) is 2.48. The Balaban J connectivity index is 2.58. The molecule has 0 heterocycles. The molecule has 5 heteroatoms. The molecule has 0 fully saturated rings. The number of nitrogens with one attached hydrogen (secondary N) is 1. The molecule has 2 N–H and O–H groups in total. The maximum Gasteiger partial charge on any atom is 0.408 e. The van der Waals surface area contributed by atoms with E-state index in [2.05, 4.69) is 5.32 Å². The van der Waals surface area contributed by atoms with Gasteiger partial charge in [-0.2, -0.15) is 5.26 Å². The highest BCUT2D eigenvalue weighted by Gasteiger charge is 2.24. The van der Waals surface area contributed by atoms with Gasteiger partial charge in [-0.05, 0) is 26.3 Å². The summed E-state index contributed by atoms with van der Waals surface area (Å²) in [5, 5.41) is 21.4. The standard InChI is InChI=1S/C15H20N2O3/c1-15(2,3)20-14(19)17-12(10-16)13(18)9-11-7-5-4-6-8-11/h4-8,12-13,18H,9H2,1-3H3,(H,17,19)/t12?,13-/m0/s1. The molecular formula is C15H20N2O3. The fourth-order valence-corrected chi connectivity index (χ4v) is 1.62. The summed E-state index contributed by atoms with van der Waals surface area (Å²) in [6.07, 6.45) is -1.42. The summed E-state index contributed by atoms with van der Waals surface area (Å²) in [5.41, 5.74) is 0.250. The SMILES string of the molecule is CC(C)(C)OC(=O)NC(C#N)[C@@H](O)Cc1ccccc1. The van der Waals surface area contributed by atoms with E-state index in [-0.39, 0.29) is 6.42 Å². The van der Waals surface area contributed by atoms with Crippen molar-refractivity contribution < 1.29 is 14.6 Å². The highest BCUT2D eigenvalue weighted by atomic mass is 16.6. The second-order valence-corrected chi connectivity index (χ2v) is 5.51. The number of carbonyl (C=O) groups is 1. The first-order valence-electron chi connectivity index (χ1n) is 6.43. The van der Waals surface area contributed by atoms with Crippen LogP contribution in [0.5, 0.6) is 0 Å². The maximum absolute atomic E-state index is 11.6. The fraction of sp³-hybridized carbons (Fsp3) is 0.467. The van der Waals surface area contributed by atoms with Crippen molar-refractivity contribution in [3.63, 3.8) is 0 Å². The van der Waals surface area contributed by atoms with Crippen molar-refractivity contribution in [3.8, 4) is 6.07 Å². The molecule has 108 valence electrons. The van der Waals surface area contributed by atoms with Gasteiger partial charge in [-0.15, -0.1) is 0 Å². The number of aliphatic hydroxyl groups excluding tert-OH is 1. The Morgan fingerprint density at radius 2 is 2.00 bits per heavy atom. The first kappa shape index (κ1) is 16.0. The molecule has 0 aromatic heterocycles. The van der Waals surface area contributed by atoms with E-state index in [4.69, 9.17) is 10.00 Å². The van der Waals surface area contributed by atoms with Crippen molar-refractivity contribution in [1.82, 2.24) is 5.32 Å². The van der Waals surface area contributed by atoms with E-state index in [1.54, 1.807) is 20.8 Å². The average Bonchev–Trinajstić information content (AvgIpc) is 2.35. The lowest BCUT2D eigenvalue weighted by atomic mass is 10.0. The van der Waals surface area contributed by atoms with Gasteiger partial charge in [0, 0.05) is 6.42 Å². The molecule has 2 atom stereocenters. The summed E-state index contributed by atoms with van der Waals surface area (Å²) < 4.78 is 5.06. The lowest BCUT2D eigenvalue weighted by Gasteiger charge is -2.23. The van der Waals surface area contributed by atoms with Crippen LogP contribution in [0.2, 0.25) is 0 Å². The Morgan fingerprint density at radius 1 is 1.40 bits per heavy atom. The summed E-state index contributed by atoms with van der Waals surface area (Å²) in [7, 11) is 0. The second kappa shape index (κ2) is 6.92. The largest absolute Gasteiger partial charge is 0.444 e. The van der Waals surface area contributed by atoms with Gasteiger partial charge < -0.3 is 15.2 Å². The first-order chi connectivity index (χ1) is 9.31. The van der Waals surface area contributed by atoms with Gasteiger partial charge in [0.05, 0.1) is 12.2 Å². The van der Waals surface area contributed by atoms with E-state index in [9.17, 15) is 9.90 Å². The zero-order valence-electron chi connectivity index (χ0n) is 12.0. The predicted octanol–water partition coefficient (Wildman–Crippen LogP) is 2.01. The van der Waals surface area contributed by atoms with Gasteiger partial charge in [0.25, 0.3) is 0 Å². The second-order valence-electron chi connectivity index (χ2n) is 5.51. The minimum atomic E-state index is -1.01. The van der Waals surface area contributed by atoms with Crippen LogP contribution in [-0.2, 0) is 11.2 Å². The molecule has 0 bridgehead atoms. The number of aliphatic hydroxyl groups is 1. The number of carbonyl (C=O) groups excluding carboxylic acids is 1. The van der Waals surface area contributed by atoms with Crippen molar-refractivity contribution in [2.45, 2.75) is 44.9 Å². The Hall–Kier alpha value is -2.06. The van der Waals surface area contributed by atoms with E-state index >= 15 is 0 Å². The quantitative estimate of drug-likeness (QED) is 0.881. The highest BCUT2D eigenvalue weighted by molar-refractivity contribution is 5.68. The number of ether oxygens (including phenoxy) is 1. The van der Waals surface area contributed by atoms with E-state index in [1.807, 2.05) is 36.4 Å². The van der Waals surface area contributed by atoms with Crippen LogP contribution >= 0.6 is 0 Å². The number of hydrogen-bond acceptors (Lipinski definition) is 4. The van der Waals surface area contributed by atoms with Crippen LogP contribution in [0.3, 0.4) is 0 Å². The number of hydrogen-bond donors (Lipinski definition) is 2. The lowest BCUT2D eigenvalue weighted by molar-refractivity contribution is 0.0459. The monoisotopic (exact) mass is 276 g/mol. The van der Waals surface area contributed by atoms with Crippen LogP contribution in [0.1, 0.15) is 26.3 Å². The molecule has 1 unspecified atom stereocenters. The normalized spacial score (nSPS) is 13.9. The molecule has 0 saturated carbocycles.